The lowest BCUT2D eigenvalue weighted by atomic mass is 10.1. The number of aldehydes is 1. The zero-order valence-electron chi connectivity index (χ0n) is 11.6. The van der Waals surface area contributed by atoms with Gasteiger partial charge in [0.2, 0.25) is 0 Å². The molecule has 98 valence electrons. The summed E-state index contributed by atoms with van der Waals surface area (Å²) in [6.45, 7) is 8.29. The Balaban J connectivity index is 2.78. The first-order chi connectivity index (χ1) is 8.42. The molecule has 2 nitrogen and oxygen atoms in total. The van der Waals surface area contributed by atoms with Crippen LogP contribution in [0.25, 0.3) is 6.08 Å². The highest BCUT2D eigenvalue weighted by Gasteiger charge is 2.23. The highest BCUT2D eigenvalue weighted by molar-refractivity contribution is 6.69. The molecule has 0 saturated heterocycles. The molecule has 1 aromatic carbocycles. The lowest BCUT2D eigenvalue weighted by Crippen LogP contribution is -2.34. The maximum atomic E-state index is 10.9. The van der Waals surface area contributed by atoms with E-state index in [1.165, 1.54) is 0 Å². The van der Waals surface area contributed by atoms with Crippen molar-refractivity contribution in [3.05, 3.63) is 42.0 Å². The zero-order chi connectivity index (χ0) is 13.6. The summed E-state index contributed by atoms with van der Waals surface area (Å²) in [5, 5.41) is 0. The minimum absolute atomic E-state index is 0.114. The van der Waals surface area contributed by atoms with Crippen LogP contribution in [-0.4, -0.2) is 20.7 Å². The second kappa shape index (κ2) is 6.66. The van der Waals surface area contributed by atoms with E-state index < -0.39 is 8.32 Å². The third-order valence-electron chi connectivity index (χ3n) is 2.50. The van der Waals surface area contributed by atoms with Gasteiger partial charge in [0, 0.05) is 5.92 Å². The number of carbonyl (C=O) groups excluding carboxylic acids is 1. The summed E-state index contributed by atoms with van der Waals surface area (Å²) in [5.41, 5.74) is 1.12. The molecule has 0 saturated carbocycles. The average Bonchev–Trinajstić information content (AvgIpc) is 2.33. The molecule has 0 aliphatic rings. The van der Waals surface area contributed by atoms with E-state index in [1.807, 2.05) is 49.4 Å². The van der Waals surface area contributed by atoms with Crippen molar-refractivity contribution >= 4 is 20.7 Å². The van der Waals surface area contributed by atoms with E-state index >= 15 is 0 Å². The molecule has 0 radical (unpaired) electrons. The van der Waals surface area contributed by atoms with Gasteiger partial charge in [-0.2, -0.15) is 0 Å². The average molecular weight is 262 g/mol. The summed E-state index contributed by atoms with van der Waals surface area (Å²) in [6.07, 6.45) is 4.84. The third-order valence-corrected chi connectivity index (χ3v) is 3.48. The van der Waals surface area contributed by atoms with Gasteiger partial charge in [-0.1, -0.05) is 49.4 Å². The molecule has 3 heteroatoms. The molecule has 0 amide bonds. The first kappa shape index (κ1) is 14.9. The van der Waals surface area contributed by atoms with Gasteiger partial charge in [-0.05, 0) is 25.2 Å². The highest BCUT2D eigenvalue weighted by atomic mass is 28.4. The molecule has 0 aromatic heterocycles. The Morgan fingerprint density at radius 1 is 1.17 bits per heavy atom. The van der Waals surface area contributed by atoms with Gasteiger partial charge in [0.15, 0.2) is 8.32 Å². The summed E-state index contributed by atoms with van der Waals surface area (Å²) in [5.74, 6) is -0.114. The van der Waals surface area contributed by atoms with Crippen molar-refractivity contribution in [2.45, 2.75) is 32.7 Å². The third kappa shape index (κ3) is 5.43. The number of benzene rings is 1. The van der Waals surface area contributed by atoms with Gasteiger partial charge in [0.1, 0.15) is 6.29 Å². The fraction of sp³-hybridized carbons (Fsp3) is 0.400. The fourth-order valence-electron chi connectivity index (χ4n) is 1.58. The van der Waals surface area contributed by atoms with E-state index in [2.05, 4.69) is 19.6 Å². The topological polar surface area (TPSA) is 26.3 Å². The molecule has 2 atom stereocenters. The van der Waals surface area contributed by atoms with Crippen LogP contribution in [0.3, 0.4) is 0 Å². The minimum Gasteiger partial charge on any atom is -0.411 e. The summed E-state index contributed by atoms with van der Waals surface area (Å²) < 4.78 is 6.03. The lowest BCUT2D eigenvalue weighted by molar-refractivity contribution is -0.112. The second-order valence-electron chi connectivity index (χ2n) is 5.46. The Morgan fingerprint density at radius 2 is 1.78 bits per heavy atom. The van der Waals surface area contributed by atoms with Crippen molar-refractivity contribution < 1.29 is 9.22 Å². The Labute approximate surface area is 111 Å². The van der Waals surface area contributed by atoms with Gasteiger partial charge < -0.3 is 9.22 Å². The first-order valence-corrected chi connectivity index (χ1v) is 9.69. The van der Waals surface area contributed by atoms with Gasteiger partial charge in [-0.3, -0.25) is 0 Å². The summed E-state index contributed by atoms with van der Waals surface area (Å²) in [4.78, 5) is 10.9. The van der Waals surface area contributed by atoms with Crippen molar-refractivity contribution in [1.29, 1.82) is 0 Å². The Bertz CT molecular complexity index is 393. The summed E-state index contributed by atoms with van der Waals surface area (Å²) in [6, 6.07) is 10.1. The van der Waals surface area contributed by atoms with Gasteiger partial charge in [0.25, 0.3) is 0 Å². The lowest BCUT2D eigenvalue weighted by Gasteiger charge is -2.26. The predicted octanol–water partition coefficient (Wildman–Crippen LogP) is 3.75. The van der Waals surface area contributed by atoms with Gasteiger partial charge in [0.05, 0.1) is 6.10 Å². The van der Waals surface area contributed by atoms with Crippen molar-refractivity contribution in [2.75, 3.05) is 0 Å². The number of hydrogen-bond donors (Lipinski definition) is 0. The predicted molar refractivity (Wildman–Crippen MR) is 78.9 cm³/mol. The molecule has 0 aliphatic heterocycles. The molecule has 1 rings (SSSR count). The van der Waals surface area contributed by atoms with E-state index in [9.17, 15) is 4.79 Å². The SMILES string of the molecule is C[C@H](C=O)[C@H](/C=C/c1ccccc1)O[Si](C)(C)C. The number of carbonyl (C=O) groups is 1. The normalized spacial score (nSPS) is 15.6. The van der Waals surface area contributed by atoms with E-state index in [4.69, 9.17) is 4.43 Å². The van der Waals surface area contributed by atoms with Crippen LogP contribution < -0.4 is 0 Å². The van der Waals surface area contributed by atoms with Crippen LogP contribution in [-0.2, 0) is 9.22 Å². The van der Waals surface area contributed by atoms with Crippen LogP contribution in [0, 0.1) is 5.92 Å². The minimum atomic E-state index is -1.65. The second-order valence-corrected chi connectivity index (χ2v) is 9.92. The molecular weight excluding hydrogens is 240 g/mol. The smallest absolute Gasteiger partial charge is 0.184 e. The molecule has 0 fully saturated rings. The molecule has 18 heavy (non-hydrogen) atoms. The zero-order valence-corrected chi connectivity index (χ0v) is 12.6. The molecule has 0 heterocycles. The Kier molecular flexibility index (Phi) is 5.50. The van der Waals surface area contributed by atoms with Crippen LogP contribution in [0.4, 0.5) is 0 Å². The van der Waals surface area contributed by atoms with Gasteiger partial charge in [-0.25, -0.2) is 0 Å². The van der Waals surface area contributed by atoms with Crippen LogP contribution in [0.1, 0.15) is 12.5 Å². The molecule has 0 unspecified atom stereocenters. The van der Waals surface area contributed by atoms with Crippen LogP contribution in [0.15, 0.2) is 36.4 Å². The van der Waals surface area contributed by atoms with E-state index in [0.717, 1.165) is 11.8 Å². The highest BCUT2D eigenvalue weighted by Crippen LogP contribution is 2.16. The molecule has 0 spiro atoms. The van der Waals surface area contributed by atoms with Crippen molar-refractivity contribution in [3.63, 3.8) is 0 Å². The number of hydrogen-bond acceptors (Lipinski definition) is 2. The monoisotopic (exact) mass is 262 g/mol. The first-order valence-electron chi connectivity index (χ1n) is 6.29. The number of rotatable bonds is 6. The van der Waals surface area contributed by atoms with E-state index in [-0.39, 0.29) is 12.0 Å². The van der Waals surface area contributed by atoms with Gasteiger partial charge in [-0.15, -0.1) is 0 Å². The quantitative estimate of drug-likeness (QED) is 0.576. The Morgan fingerprint density at radius 3 is 2.28 bits per heavy atom. The summed E-state index contributed by atoms with van der Waals surface area (Å²) in [7, 11) is -1.65. The van der Waals surface area contributed by atoms with Crippen molar-refractivity contribution in [1.82, 2.24) is 0 Å². The standard InChI is InChI=1S/C15H22O2Si/c1-13(12-16)15(17-18(2,3)4)11-10-14-8-6-5-7-9-14/h5-13,15H,1-4H3/b11-10+/t13-,15+/m1/s1. The molecule has 0 N–H and O–H groups in total. The Hall–Kier alpha value is -1.19. The van der Waals surface area contributed by atoms with Crippen LogP contribution in [0.5, 0.6) is 0 Å². The van der Waals surface area contributed by atoms with Crippen molar-refractivity contribution in [3.8, 4) is 0 Å². The van der Waals surface area contributed by atoms with Crippen molar-refractivity contribution in [2.24, 2.45) is 5.92 Å². The molecular formula is C15H22O2Si. The maximum Gasteiger partial charge on any atom is 0.184 e. The van der Waals surface area contributed by atoms with E-state index in [1.54, 1.807) is 0 Å². The van der Waals surface area contributed by atoms with E-state index in [0.29, 0.717) is 0 Å². The molecule has 0 aliphatic carbocycles. The molecule has 0 bridgehead atoms. The van der Waals surface area contributed by atoms with Crippen LogP contribution in [0.2, 0.25) is 19.6 Å². The maximum absolute atomic E-state index is 10.9. The molecule has 1 aromatic rings. The largest absolute Gasteiger partial charge is 0.411 e. The van der Waals surface area contributed by atoms with Gasteiger partial charge >= 0.3 is 0 Å². The van der Waals surface area contributed by atoms with Crippen LogP contribution >= 0.6 is 0 Å². The summed E-state index contributed by atoms with van der Waals surface area (Å²) >= 11 is 0. The fourth-order valence-corrected chi connectivity index (χ4v) is 2.69.